The summed E-state index contributed by atoms with van der Waals surface area (Å²) in [5.41, 5.74) is 0. The second-order valence-electron chi connectivity index (χ2n) is 3.59. The smallest absolute Gasteiger partial charge is 0.244 e. The van der Waals surface area contributed by atoms with Gasteiger partial charge < -0.3 is 0 Å². The highest BCUT2D eigenvalue weighted by Gasteiger charge is 2.59. The number of nitrogens with one attached hydrogen (secondary N) is 1. The number of hydrogen-bond donors (Lipinski definition) is 2. The van der Waals surface area contributed by atoms with Crippen molar-refractivity contribution in [3.8, 4) is 0 Å². The molecule has 0 heterocycles. The van der Waals surface area contributed by atoms with Gasteiger partial charge in [0.15, 0.2) is 6.67 Å². The Balaban J connectivity index is 4.45. The van der Waals surface area contributed by atoms with Gasteiger partial charge in [-0.3, -0.25) is 0 Å². The molecule has 3 N–H and O–H groups in total. The second-order valence-corrected chi connectivity index (χ2v) is 4.97. The third kappa shape index (κ3) is 4.72. The molecule has 1 atom stereocenters. The molecule has 0 spiro atoms. The quantitative estimate of drug-likeness (QED) is 0.686. The maximum atomic E-state index is 13.0. The van der Waals surface area contributed by atoms with Crippen molar-refractivity contribution in [1.82, 2.24) is 4.72 Å². The van der Waals surface area contributed by atoms with Crippen LogP contribution in [-0.2, 0) is 10.2 Å². The van der Waals surface area contributed by atoms with Gasteiger partial charge in [0.05, 0.1) is 0 Å². The van der Waals surface area contributed by atoms with Gasteiger partial charge in [-0.2, -0.15) is 26.0 Å². The predicted octanol–water partition coefficient (Wildman–Crippen LogP) is 1.05. The molecule has 104 valence electrons. The van der Waals surface area contributed by atoms with Crippen LogP contribution in [0, 0.1) is 5.92 Å². The van der Waals surface area contributed by atoms with E-state index in [0.29, 0.717) is 0 Å². The minimum absolute atomic E-state index is 0.530. The summed E-state index contributed by atoms with van der Waals surface area (Å²) in [5.74, 6) is -11.2. The first-order valence-electron chi connectivity index (χ1n) is 4.53. The Morgan fingerprint density at radius 3 is 2.12 bits per heavy atom. The van der Waals surface area contributed by atoms with Gasteiger partial charge in [-0.1, -0.05) is 6.92 Å². The third-order valence-electron chi connectivity index (χ3n) is 2.16. The molecular weight excluding hydrogens is 271 g/mol. The fourth-order valence-electron chi connectivity index (χ4n) is 1.05. The van der Waals surface area contributed by atoms with Crippen molar-refractivity contribution < 1.29 is 30.4 Å². The van der Waals surface area contributed by atoms with Crippen molar-refractivity contribution in [3.63, 3.8) is 0 Å². The summed E-state index contributed by atoms with van der Waals surface area (Å²) in [6.07, 6.45) is -0.598. The van der Waals surface area contributed by atoms with Crippen molar-refractivity contribution in [3.05, 3.63) is 0 Å². The van der Waals surface area contributed by atoms with Crippen LogP contribution in [-0.4, -0.2) is 33.5 Å². The Morgan fingerprint density at radius 2 is 1.76 bits per heavy atom. The molecule has 1 unspecified atom stereocenters. The van der Waals surface area contributed by atoms with Gasteiger partial charge in [0, 0.05) is 12.5 Å². The van der Waals surface area contributed by atoms with Gasteiger partial charge in [-0.15, -0.1) is 0 Å². The molecular formula is C7H13F5N2O2S. The first kappa shape index (κ1) is 16.5. The minimum Gasteiger partial charge on any atom is -0.244 e. The minimum atomic E-state index is -4.77. The zero-order chi connectivity index (χ0) is 13.9. The maximum absolute atomic E-state index is 13.0. The van der Waals surface area contributed by atoms with Gasteiger partial charge in [0.25, 0.3) is 10.2 Å². The van der Waals surface area contributed by atoms with Crippen molar-refractivity contribution >= 4 is 10.2 Å². The number of halogens is 5. The van der Waals surface area contributed by atoms with Crippen LogP contribution in [0.15, 0.2) is 0 Å². The van der Waals surface area contributed by atoms with Gasteiger partial charge >= 0.3 is 11.8 Å². The monoisotopic (exact) mass is 284 g/mol. The Morgan fingerprint density at radius 1 is 1.29 bits per heavy atom. The lowest BCUT2D eigenvalue weighted by molar-refractivity contribution is -0.239. The summed E-state index contributed by atoms with van der Waals surface area (Å²) < 4.78 is 85.4. The van der Waals surface area contributed by atoms with E-state index in [2.05, 4.69) is 5.14 Å². The topological polar surface area (TPSA) is 72.2 Å². The molecule has 0 saturated heterocycles. The molecule has 10 heteroatoms. The van der Waals surface area contributed by atoms with Crippen LogP contribution in [0.3, 0.4) is 0 Å². The van der Waals surface area contributed by atoms with E-state index >= 15 is 0 Å². The van der Waals surface area contributed by atoms with E-state index < -0.39 is 47.6 Å². The van der Waals surface area contributed by atoms with Crippen LogP contribution in [0.5, 0.6) is 0 Å². The van der Waals surface area contributed by atoms with E-state index in [9.17, 15) is 30.4 Å². The molecule has 0 aromatic carbocycles. The van der Waals surface area contributed by atoms with Gasteiger partial charge in [0.1, 0.15) is 0 Å². The normalized spacial score (nSPS) is 15.9. The van der Waals surface area contributed by atoms with Crippen molar-refractivity contribution in [2.24, 2.45) is 11.1 Å². The molecule has 17 heavy (non-hydrogen) atoms. The SMILES string of the molecule is CC(CCNS(N)(=O)=O)C(F)(F)C(F)(F)CF. The second kappa shape index (κ2) is 5.44. The molecule has 0 bridgehead atoms. The van der Waals surface area contributed by atoms with E-state index in [4.69, 9.17) is 0 Å². The highest BCUT2D eigenvalue weighted by atomic mass is 32.2. The van der Waals surface area contributed by atoms with Crippen LogP contribution < -0.4 is 9.86 Å². The Bertz CT molecular complexity index is 346. The molecule has 0 aliphatic heterocycles. The predicted molar refractivity (Wildman–Crippen MR) is 50.8 cm³/mol. The largest absolute Gasteiger partial charge is 0.338 e. The van der Waals surface area contributed by atoms with Crippen LogP contribution in [0.25, 0.3) is 0 Å². The zero-order valence-electron chi connectivity index (χ0n) is 8.89. The first-order valence-corrected chi connectivity index (χ1v) is 6.07. The van der Waals surface area contributed by atoms with Crippen LogP contribution in [0.1, 0.15) is 13.3 Å². The number of rotatable bonds is 7. The Labute approximate surface area is 95.5 Å². The van der Waals surface area contributed by atoms with E-state index in [1.165, 1.54) is 0 Å². The van der Waals surface area contributed by atoms with E-state index in [1.54, 1.807) is 4.72 Å². The van der Waals surface area contributed by atoms with Crippen molar-refractivity contribution in [1.29, 1.82) is 0 Å². The first-order chi connectivity index (χ1) is 7.44. The molecule has 0 saturated carbocycles. The van der Waals surface area contributed by atoms with Gasteiger partial charge in [0.2, 0.25) is 0 Å². The standard InChI is InChI=1S/C7H13F5N2O2S/c1-5(2-3-14-17(13,15)16)7(11,12)6(9,10)4-8/h5,14H,2-4H2,1H3,(H2,13,15,16). The van der Waals surface area contributed by atoms with E-state index in [-0.39, 0.29) is 0 Å². The molecule has 0 radical (unpaired) electrons. The van der Waals surface area contributed by atoms with E-state index in [1.807, 2.05) is 0 Å². The maximum Gasteiger partial charge on any atom is 0.338 e. The van der Waals surface area contributed by atoms with Gasteiger partial charge in [-0.25, -0.2) is 14.3 Å². The van der Waals surface area contributed by atoms with Crippen LogP contribution in [0.2, 0.25) is 0 Å². The van der Waals surface area contributed by atoms with Gasteiger partial charge in [-0.05, 0) is 6.42 Å². The molecule has 0 aliphatic rings. The lowest BCUT2D eigenvalue weighted by Gasteiger charge is -2.29. The summed E-state index contributed by atoms with van der Waals surface area (Å²) in [6, 6.07) is 0. The highest BCUT2D eigenvalue weighted by Crippen LogP contribution is 2.41. The van der Waals surface area contributed by atoms with Crippen LogP contribution in [0.4, 0.5) is 22.0 Å². The highest BCUT2D eigenvalue weighted by molar-refractivity contribution is 7.87. The fraction of sp³-hybridized carbons (Fsp3) is 1.00. The third-order valence-corrected chi connectivity index (χ3v) is 2.76. The molecule has 0 aromatic rings. The number of alkyl halides is 5. The number of hydrogen-bond acceptors (Lipinski definition) is 2. The van der Waals surface area contributed by atoms with Crippen molar-refractivity contribution in [2.75, 3.05) is 13.2 Å². The summed E-state index contributed by atoms with van der Waals surface area (Å²) in [4.78, 5) is 0. The molecule has 0 aliphatic carbocycles. The fourth-order valence-corrected chi connectivity index (χ4v) is 1.45. The lowest BCUT2D eigenvalue weighted by Crippen LogP contribution is -2.48. The lowest BCUT2D eigenvalue weighted by atomic mass is 9.95. The molecule has 4 nitrogen and oxygen atoms in total. The summed E-state index contributed by atoms with van der Waals surface area (Å²) in [6.45, 7) is -2.24. The number of nitrogens with two attached hydrogens (primary N) is 1. The summed E-state index contributed by atoms with van der Waals surface area (Å²) in [7, 11) is -4.06. The summed E-state index contributed by atoms with van der Waals surface area (Å²) >= 11 is 0. The molecule has 0 rings (SSSR count). The Hall–Kier alpha value is -0.480. The Kier molecular flexibility index (Phi) is 5.29. The average molecular weight is 284 g/mol. The van der Waals surface area contributed by atoms with E-state index in [0.717, 1.165) is 6.92 Å². The molecule has 0 aromatic heterocycles. The van der Waals surface area contributed by atoms with Crippen molar-refractivity contribution in [2.45, 2.75) is 25.2 Å². The average Bonchev–Trinajstić information content (AvgIpc) is 2.15. The van der Waals surface area contributed by atoms with Crippen LogP contribution >= 0.6 is 0 Å². The molecule has 0 amide bonds. The molecule has 0 fully saturated rings. The summed E-state index contributed by atoms with van der Waals surface area (Å²) in [5, 5.41) is 4.51. The zero-order valence-corrected chi connectivity index (χ0v) is 9.71.